The van der Waals surface area contributed by atoms with E-state index >= 15 is 0 Å². The number of aliphatic imine (C=N–C) groups is 1. The lowest BCUT2D eigenvalue weighted by atomic mass is 10.1. The molecule has 0 saturated carbocycles. The van der Waals surface area contributed by atoms with Crippen LogP contribution in [0.3, 0.4) is 0 Å². The number of hydrogen-bond donors (Lipinski definition) is 2. The smallest absolute Gasteiger partial charge is 0.131 e. The minimum absolute atomic E-state index is 0.110. The molecular formula is C51H37N5. The second kappa shape index (κ2) is 13.3. The Morgan fingerprint density at radius 1 is 0.375 bits per heavy atom. The van der Waals surface area contributed by atoms with Crippen molar-refractivity contribution >= 4 is 49.4 Å². The maximum atomic E-state index is 5.27. The molecule has 8 aromatic carbocycles. The first-order chi connectivity index (χ1) is 27.8. The Bertz CT molecular complexity index is 3090. The first-order valence-electron chi connectivity index (χ1n) is 19.2. The molecule has 2 N–H and O–H groups in total. The van der Waals surface area contributed by atoms with Gasteiger partial charge in [0.25, 0.3) is 0 Å². The number of aromatic nitrogens is 2. The van der Waals surface area contributed by atoms with Gasteiger partial charge in [0.2, 0.25) is 0 Å². The maximum absolute atomic E-state index is 5.27. The van der Waals surface area contributed by atoms with Gasteiger partial charge in [-0.1, -0.05) is 152 Å². The number of para-hydroxylation sites is 2. The van der Waals surface area contributed by atoms with Crippen LogP contribution in [0.5, 0.6) is 0 Å². The molecule has 1 aliphatic rings. The van der Waals surface area contributed by atoms with Gasteiger partial charge in [-0.25, -0.2) is 4.99 Å². The molecule has 0 fully saturated rings. The first kappa shape index (κ1) is 32.2. The molecule has 0 aliphatic carbocycles. The van der Waals surface area contributed by atoms with Crippen LogP contribution in [0, 0.1) is 0 Å². The average molecular weight is 720 g/mol. The summed E-state index contributed by atoms with van der Waals surface area (Å²) in [5, 5.41) is 12.4. The van der Waals surface area contributed by atoms with Gasteiger partial charge < -0.3 is 14.5 Å². The van der Waals surface area contributed by atoms with E-state index in [0.29, 0.717) is 0 Å². The predicted octanol–water partition coefficient (Wildman–Crippen LogP) is 11.9. The second-order valence-electron chi connectivity index (χ2n) is 14.5. The minimum Gasteiger partial charge on any atom is -0.350 e. The summed E-state index contributed by atoms with van der Waals surface area (Å²) in [5.41, 5.74) is 12.6. The highest BCUT2D eigenvalue weighted by Crippen LogP contribution is 2.40. The third-order valence-electron chi connectivity index (χ3n) is 11.2. The minimum atomic E-state index is -0.204. The zero-order valence-corrected chi connectivity index (χ0v) is 30.5. The predicted molar refractivity (Wildman–Crippen MR) is 232 cm³/mol. The largest absolute Gasteiger partial charge is 0.350 e. The van der Waals surface area contributed by atoms with Gasteiger partial charge in [-0.2, -0.15) is 0 Å². The topological polar surface area (TPSA) is 46.3 Å². The molecule has 56 heavy (non-hydrogen) atoms. The van der Waals surface area contributed by atoms with E-state index in [2.05, 4.69) is 214 Å². The Morgan fingerprint density at radius 3 is 1.50 bits per heavy atom. The molecule has 0 bridgehead atoms. The molecule has 1 aliphatic heterocycles. The quantitative estimate of drug-likeness (QED) is 0.180. The van der Waals surface area contributed by atoms with Crippen molar-refractivity contribution in [1.29, 1.82) is 0 Å². The molecule has 2 unspecified atom stereocenters. The zero-order valence-electron chi connectivity index (χ0n) is 30.5. The van der Waals surface area contributed by atoms with E-state index < -0.39 is 0 Å². The van der Waals surface area contributed by atoms with Crippen molar-refractivity contribution in [2.75, 3.05) is 0 Å². The van der Waals surface area contributed by atoms with E-state index in [1.807, 2.05) is 6.07 Å². The van der Waals surface area contributed by atoms with Crippen molar-refractivity contribution in [3.63, 3.8) is 0 Å². The summed E-state index contributed by atoms with van der Waals surface area (Å²) in [6, 6.07) is 71.7. The number of amidine groups is 1. The molecule has 0 radical (unpaired) electrons. The lowest BCUT2D eigenvalue weighted by Gasteiger charge is -2.32. The Labute approximate surface area is 324 Å². The maximum Gasteiger partial charge on any atom is 0.131 e. The Hall–Kier alpha value is -7.21. The van der Waals surface area contributed by atoms with Gasteiger partial charge in [0.15, 0.2) is 0 Å². The summed E-state index contributed by atoms with van der Waals surface area (Å²) < 4.78 is 4.84. The summed E-state index contributed by atoms with van der Waals surface area (Å²) in [6.45, 7) is 0. The van der Waals surface area contributed by atoms with Crippen LogP contribution in [-0.2, 0) is 0 Å². The molecule has 266 valence electrons. The van der Waals surface area contributed by atoms with Crippen LogP contribution in [0.2, 0.25) is 0 Å². The third-order valence-corrected chi connectivity index (χ3v) is 11.2. The average Bonchev–Trinajstić information content (AvgIpc) is 3.78. The second-order valence-corrected chi connectivity index (χ2v) is 14.5. The summed E-state index contributed by atoms with van der Waals surface area (Å²) >= 11 is 0. The molecule has 0 spiro atoms. The van der Waals surface area contributed by atoms with Crippen molar-refractivity contribution in [2.24, 2.45) is 4.99 Å². The number of benzene rings is 8. The van der Waals surface area contributed by atoms with Crippen molar-refractivity contribution < 1.29 is 0 Å². The lowest BCUT2D eigenvalue weighted by molar-refractivity contribution is 0.409. The number of fused-ring (bicyclic) bond motifs is 6. The van der Waals surface area contributed by atoms with Crippen molar-refractivity contribution in [2.45, 2.75) is 12.3 Å². The molecule has 0 amide bonds. The molecule has 10 aromatic rings. The fourth-order valence-electron chi connectivity index (χ4n) is 8.56. The lowest BCUT2D eigenvalue weighted by Crippen LogP contribution is -2.44. The summed E-state index contributed by atoms with van der Waals surface area (Å²) in [4.78, 5) is 5.27. The summed E-state index contributed by atoms with van der Waals surface area (Å²) in [5.74, 6) is 0.856. The monoisotopic (exact) mass is 719 g/mol. The first-order valence-corrected chi connectivity index (χ1v) is 19.2. The molecular weight excluding hydrogens is 683 g/mol. The highest BCUT2D eigenvalue weighted by molar-refractivity contribution is 6.19. The number of nitrogens with zero attached hydrogens (tertiary/aromatic N) is 3. The Morgan fingerprint density at radius 2 is 0.875 bits per heavy atom. The van der Waals surface area contributed by atoms with E-state index in [9.17, 15) is 0 Å². The highest BCUT2D eigenvalue weighted by Gasteiger charge is 2.26. The van der Waals surface area contributed by atoms with Crippen molar-refractivity contribution in [1.82, 2.24) is 19.8 Å². The molecule has 5 nitrogen and oxygen atoms in total. The molecule has 0 saturated heterocycles. The fourth-order valence-corrected chi connectivity index (χ4v) is 8.56. The molecule has 11 rings (SSSR count). The number of nitrogens with one attached hydrogen (secondary N) is 2. The van der Waals surface area contributed by atoms with Gasteiger partial charge in [0.05, 0.1) is 22.1 Å². The SMILES string of the molecule is c1ccc(-c2cccc(-n3c4ccccc4c4cc5c6ccccc6n(-c6cccc(C7=NC(c8ccccc8)NC(c8ccccc8)N7)c6)c5cc43)c2)cc1. The third kappa shape index (κ3) is 5.40. The zero-order chi connectivity index (χ0) is 37.0. The standard InChI is InChI=1S/C51H37N5/c1-4-16-34(17-5-1)37-22-14-24-39(30-37)55-45-28-12-10-26-41(45)43-32-44-42-27-11-13-29-46(42)56(48(44)33-47(43)55)40-25-15-23-38(31-40)51-53-49(35-18-6-2-7-19-35)52-50(54-51)36-20-8-3-9-21-36/h1-33,49-50,52H,(H,53,54). The van der Waals surface area contributed by atoms with E-state index in [4.69, 9.17) is 4.99 Å². The van der Waals surface area contributed by atoms with Crippen molar-refractivity contribution in [3.8, 4) is 22.5 Å². The summed E-state index contributed by atoms with van der Waals surface area (Å²) in [7, 11) is 0. The van der Waals surface area contributed by atoms with Gasteiger partial charge in [-0.15, -0.1) is 0 Å². The van der Waals surface area contributed by atoms with Crippen LogP contribution in [-0.4, -0.2) is 15.0 Å². The number of rotatable bonds is 6. The summed E-state index contributed by atoms with van der Waals surface area (Å²) in [6.07, 6.45) is -0.313. The van der Waals surface area contributed by atoms with Gasteiger partial charge in [0.1, 0.15) is 18.2 Å². The Balaban J connectivity index is 1.10. The Kier molecular flexibility index (Phi) is 7.64. The van der Waals surface area contributed by atoms with Gasteiger partial charge in [-0.3, -0.25) is 5.32 Å². The molecule has 2 aromatic heterocycles. The van der Waals surface area contributed by atoms with Crippen LogP contribution in [0.4, 0.5) is 0 Å². The molecule has 2 atom stereocenters. The highest BCUT2D eigenvalue weighted by atomic mass is 15.3. The molecule has 5 heteroatoms. The van der Waals surface area contributed by atoms with Crippen LogP contribution in [0.1, 0.15) is 29.0 Å². The van der Waals surface area contributed by atoms with E-state index in [0.717, 1.165) is 39.4 Å². The number of hydrogen-bond acceptors (Lipinski definition) is 3. The molecule has 3 heterocycles. The van der Waals surface area contributed by atoms with Gasteiger partial charge in [0, 0.05) is 38.5 Å². The van der Waals surface area contributed by atoms with Crippen LogP contribution in [0.25, 0.3) is 66.1 Å². The fraction of sp³-hybridized carbons (Fsp3) is 0.0392. The normalized spacial score (nSPS) is 15.7. The van der Waals surface area contributed by atoms with E-state index in [1.54, 1.807) is 0 Å². The van der Waals surface area contributed by atoms with Crippen molar-refractivity contribution in [3.05, 3.63) is 217 Å². The van der Waals surface area contributed by atoms with Crippen LogP contribution < -0.4 is 10.6 Å². The van der Waals surface area contributed by atoms with Crippen LogP contribution >= 0.6 is 0 Å². The van der Waals surface area contributed by atoms with Gasteiger partial charge in [-0.05, 0) is 70.8 Å². The van der Waals surface area contributed by atoms with Crippen LogP contribution in [0.15, 0.2) is 205 Å². The van der Waals surface area contributed by atoms with E-state index in [-0.39, 0.29) is 12.3 Å². The van der Waals surface area contributed by atoms with E-state index in [1.165, 1.54) is 49.2 Å². The van der Waals surface area contributed by atoms with Gasteiger partial charge >= 0.3 is 0 Å².